The van der Waals surface area contributed by atoms with Gasteiger partial charge in [0.15, 0.2) is 5.82 Å². The van der Waals surface area contributed by atoms with E-state index in [9.17, 15) is 0 Å². The lowest BCUT2D eigenvalue weighted by Crippen LogP contribution is -2.04. The Bertz CT molecular complexity index is 668. The predicted molar refractivity (Wildman–Crippen MR) is 75.1 cm³/mol. The third-order valence-corrected chi connectivity index (χ3v) is 3.04. The Balaban J connectivity index is 1.97. The van der Waals surface area contributed by atoms with Crippen molar-refractivity contribution in [3.8, 4) is 11.4 Å². The van der Waals surface area contributed by atoms with E-state index in [1.54, 1.807) is 11.7 Å². The Morgan fingerprint density at radius 2 is 1.89 bits per heavy atom. The van der Waals surface area contributed by atoms with Crippen LogP contribution < -0.4 is 11.1 Å². The van der Waals surface area contributed by atoms with Gasteiger partial charge in [0.1, 0.15) is 5.00 Å². The van der Waals surface area contributed by atoms with Gasteiger partial charge in [0.2, 0.25) is 11.9 Å². The summed E-state index contributed by atoms with van der Waals surface area (Å²) in [5, 5.41) is 3.90. The quantitative estimate of drug-likeness (QED) is 0.759. The van der Waals surface area contributed by atoms with Crippen molar-refractivity contribution in [1.82, 2.24) is 19.9 Å². The Morgan fingerprint density at radius 3 is 2.63 bits per heavy atom. The molecule has 0 bridgehead atoms. The first-order chi connectivity index (χ1) is 9.31. The Hall–Kier alpha value is -2.54. The SMILES string of the molecule is Nc1nc(Nc2cncs2)nc(-c2ccccc2)n1. The lowest BCUT2D eigenvalue weighted by atomic mass is 10.2. The van der Waals surface area contributed by atoms with Crippen LogP contribution in [0.15, 0.2) is 42.0 Å². The maximum absolute atomic E-state index is 5.71. The van der Waals surface area contributed by atoms with Gasteiger partial charge in [-0.2, -0.15) is 15.0 Å². The summed E-state index contributed by atoms with van der Waals surface area (Å²) >= 11 is 1.46. The van der Waals surface area contributed by atoms with Gasteiger partial charge >= 0.3 is 0 Å². The predicted octanol–water partition coefficient (Wildman–Crippen LogP) is 2.32. The Morgan fingerprint density at radius 1 is 1.05 bits per heavy atom. The largest absolute Gasteiger partial charge is 0.368 e. The van der Waals surface area contributed by atoms with Crippen LogP contribution in [0, 0.1) is 0 Å². The second kappa shape index (κ2) is 4.99. The lowest BCUT2D eigenvalue weighted by Gasteiger charge is -2.05. The van der Waals surface area contributed by atoms with Crippen LogP contribution in [0.2, 0.25) is 0 Å². The summed E-state index contributed by atoms with van der Waals surface area (Å²) in [7, 11) is 0. The molecule has 2 heterocycles. The standard InChI is InChI=1S/C12H10N6S/c13-11-16-10(8-4-2-1-3-5-8)17-12(18-11)15-9-6-14-7-19-9/h1-7H,(H3,13,15,16,17,18). The third kappa shape index (κ3) is 2.66. The van der Waals surface area contributed by atoms with Gasteiger partial charge < -0.3 is 11.1 Å². The summed E-state index contributed by atoms with van der Waals surface area (Å²) in [6.45, 7) is 0. The number of nitrogens with two attached hydrogens (primary N) is 1. The molecule has 0 aliphatic rings. The fourth-order valence-electron chi connectivity index (χ4n) is 1.55. The van der Waals surface area contributed by atoms with Gasteiger partial charge in [0.25, 0.3) is 0 Å². The van der Waals surface area contributed by atoms with Crippen molar-refractivity contribution in [2.45, 2.75) is 0 Å². The molecule has 0 radical (unpaired) electrons. The fraction of sp³-hybridized carbons (Fsp3) is 0. The number of nitrogens with zero attached hydrogens (tertiary/aromatic N) is 4. The summed E-state index contributed by atoms with van der Waals surface area (Å²) in [6.07, 6.45) is 1.70. The van der Waals surface area contributed by atoms with Crippen LogP contribution in [-0.4, -0.2) is 19.9 Å². The monoisotopic (exact) mass is 270 g/mol. The molecule has 3 rings (SSSR count). The molecule has 6 nitrogen and oxygen atoms in total. The smallest absolute Gasteiger partial charge is 0.233 e. The summed E-state index contributed by atoms with van der Waals surface area (Å²) in [4.78, 5) is 16.5. The van der Waals surface area contributed by atoms with Crippen LogP contribution >= 0.6 is 11.3 Å². The van der Waals surface area contributed by atoms with Crippen LogP contribution in [0.3, 0.4) is 0 Å². The van der Waals surface area contributed by atoms with Crippen molar-refractivity contribution in [1.29, 1.82) is 0 Å². The molecule has 0 fully saturated rings. The number of hydrogen-bond acceptors (Lipinski definition) is 7. The van der Waals surface area contributed by atoms with Gasteiger partial charge in [-0.15, -0.1) is 11.3 Å². The van der Waals surface area contributed by atoms with E-state index in [0.29, 0.717) is 11.8 Å². The summed E-state index contributed by atoms with van der Waals surface area (Å²) < 4.78 is 0. The Kier molecular flexibility index (Phi) is 3.03. The zero-order valence-electron chi connectivity index (χ0n) is 9.82. The minimum Gasteiger partial charge on any atom is -0.368 e. The van der Waals surface area contributed by atoms with Crippen molar-refractivity contribution >= 4 is 28.2 Å². The molecule has 94 valence electrons. The highest BCUT2D eigenvalue weighted by atomic mass is 32.1. The summed E-state index contributed by atoms with van der Waals surface area (Å²) in [5.41, 5.74) is 8.33. The number of aromatic nitrogens is 4. The molecule has 0 aliphatic heterocycles. The highest BCUT2D eigenvalue weighted by Gasteiger charge is 2.07. The average molecular weight is 270 g/mol. The number of rotatable bonds is 3. The molecule has 0 saturated heterocycles. The number of nitrogen functional groups attached to an aromatic ring is 1. The van der Waals surface area contributed by atoms with E-state index in [1.807, 2.05) is 30.3 Å². The molecule has 0 saturated carbocycles. The van der Waals surface area contributed by atoms with E-state index in [2.05, 4.69) is 25.3 Å². The summed E-state index contributed by atoms with van der Waals surface area (Å²) in [6, 6.07) is 9.62. The maximum Gasteiger partial charge on any atom is 0.233 e. The van der Waals surface area contributed by atoms with Crippen molar-refractivity contribution in [2.75, 3.05) is 11.1 Å². The van der Waals surface area contributed by atoms with Crippen LogP contribution in [0.25, 0.3) is 11.4 Å². The molecule has 19 heavy (non-hydrogen) atoms. The summed E-state index contributed by atoms with van der Waals surface area (Å²) in [5.74, 6) is 1.14. The molecule has 3 aromatic rings. The van der Waals surface area contributed by atoms with Crippen molar-refractivity contribution in [2.24, 2.45) is 0 Å². The molecule has 2 aromatic heterocycles. The molecule has 0 amide bonds. The Labute approximate surface area is 113 Å². The first-order valence-corrected chi connectivity index (χ1v) is 6.42. The van der Waals surface area contributed by atoms with Crippen LogP contribution in [0.4, 0.5) is 16.9 Å². The van der Waals surface area contributed by atoms with E-state index in [0.717, 1.165) is 10.6 Å². The molecule has 0 spiro atoms. The number of benzene rings is 1. The van der Waals surface area contributed by atoms with Crippen molar-refractivity contribution in [3.63, 3.8) is 0 Å². The number of nitrogens with one attached hydrogen (secondary N) is 1. The maximum atomic E-state index is 5.71. The first kappa shape index (κ1) is 11.5. The van der Waals surface area contributed by atoms with Gasteiger partial charge in [-0.3, -0.25) is 4.98 Å². The topological polar surface area (TPSA) is 89.6 Å². The van der Waals surface area contributed by atoms with Gasteiger partial charge in [-0.25, -0.2) is 0 Å². The zero-order valence-corrected chi connectivity index (χ0v) is 10.6. The van der Waals surface area contributed by atoms with Gasteiger partial charge in [-0.05, 0) is 0 Å². The highest BCUT2D eigenvalue weighted by Crippen LogP contribution is 2.20. The number of hydrogen-bond donors (Lipinski definition) is 2. The van der Waals surface area contributed by atoms with E-state index in [1.165, 1.54) is 11.3 Å². The second-order valence-corrected chi connectivity index (χ2v) is 4.58. The van der Waals surface area contributed by atoms with Crippen LogP contribution in [0.5, 0.6) is 0 Å². The first-order valence-electron chi connectivity index (χ1n) is 5.54. The molecule has 3 N–H and O–H groups in total. The van der Waals surface area contributed by atoms with Crippen molar-refractivity contribution in [3.05, 3.63) is 42.0 Å². The van der Waals surface area contributed by atoms with E-state index in [-0.39, 0.29) is 5.95 Å². The molecular weight excluding hydrogens is 260 g/mol. The van der Waals surface area contributed by atoms with Crippen LogP contribution in [-0.2, 0) is 0 Å². The lowest BCUT2D eigenvalue weighted by molar-refractivity contribution is 1.08. The number of anilines is 3. The molecule has 0 atom stereocenters. The second-order valence-electron chi connectivity index (χ2n) is 3.70. The average Bonchev–Trinajstić information content (AvgIpc) is 2.92. The molecular formula is C12H10N6S. The fourth-order valence-corrected chi connectivity index (χ4v) is 2.06. The molecule has 0 unspecified atom stereocenters. The van der Waals surface area contributed by atoms with E-state index < -0.39 is 0 Å². The van der Waals surface area contributed by atoms with Gasteiger partial charge in [0, 0.05) is 5.56 Å². The molecule has 1 aromatic carbocycles. The highest BCUT2D eigenvalue weighted by molar-refractivity contribution is 7.13. The van der Waals surface area contributed by atoms with E-state index in [4.69, 9.17) is 5.73 Å². The number of thiazole rings is 1. The molecule has 7 heteroatoms. The van der Waals surface area contributed by atoms with Crippen LogP contribution in [0.1, 0.15) is 0 Å². The third-order valence-electron chi connectivity index (χ3n) is 2.35. The minimum absolute atomic E-state index is 0.181. The zero-order chi connectivity index (χ0) is 13.1. The normalized spacial score (nSPS) is 10.3. The van der Waals surface area contributed by atoms with Gasteiger partial charge in [0.05, 0.1) is 11.7 Å². The van der Waals surface area contributed by atoms with Crippen molar-refractivity contribution < 1.29 is 0 Å². The van der Waals surface area contributed by atoms with E-state index >= 15 is 0 Å². The molecule has 0 aliphatic carbocycles. The van der Waals surface area contributed by atoms with Gasteiger partial charge in [-0.1, -0.05) is 30.3 Å². The minimum atomic E-state index is 0.181.